The van der Waals surface area contributed by atoms with Crippen molar-refractivity contribution in [3.05, 3.63) is 69.8 Å². The minimum atomic E-state index is -1.01. The number of rotatable bonds is 5. The topological polar surface area (TPSA) is 98.5 Å². The first kappa shape index (κ1) is 17.1. The lowest BCUT2D eigenvalue weighted by molar-refractivity contribution is -0.384. The molecule has 0 aliphatic heterocycles. The Morgan fingerprint density at radius 2 is 1.75 bits per heavy atom. The van der Waals surface area contributed by atoms with Crippen LogP contribution in [0.1, 0.15) is 22.8 Å². The van der Waals surface area contributed by atoms with E-state index in [4.69, 9.17) is 4.74 Å². The molecule has 0 spiro atoms. The van der Waals surface area contributed by atoms with Crippen molar-refractivity contribution in [2.75, 3.05) is 5.32 Å². The van der Waals surface area contributed by atoms with Gasteiger partial charge in [0.25, 0.3) is 11.6 Å². The summed E-state index contributed by atoms with van der Waals surface area (Å²) in [6.45, 7) is 3.23. The summed E-state index contributed by atoms with van der Waals surface area (Å²) in [5, 5.41) is 13.1. The monoisotopic (exact) mass is 328 g/mol. The first-order valence-electron chi connectivity index (χ1n) is 7.20. The predicted octanol–water partition coefficient (Wildman–Crippen LogP) is 3.09. The highest BCUT2D eigenvalue weighted by Crippen LogP contribution is 2.16. The van der Waals surface area contributed by atoms with Crippen LogP contribution < -0.4 is 5.32 Å². The van der Waals surface area contributed by atoms with Crippen molar-refractivity contribution < 1.29 is 19.2 Å². The molecule has 2 rings (SSSR count). The summed E-state index contributed by atoms with van der Waals surface area (Å²) in [6.07, 6.45) is -1.01. The maximum atomic E-state index is 12.1. The zero-order valence-corrected chi connectivity index (χ0v) is 13.2. The van der Waals surface area contributed by atoms with Gasteiger partial charge >= 0.3 is 5.97 Å². The van der Waals surface area contributed by atoms with Gasteiger partial charge < -0.3 is 10.1 Å². The van der Waals surface area contributed by atoms with Crippen LogP contribution in [-0.4, -0.2) is 22.9 Å². The number of nitro groups is 1. The van der Waals surface area contributed by atoms with E-state index < -0.39 is 22.9 Å². The Balaban J connectivity index is 1.98. The highest BCUT2D eigenvalue weighted by Gasteiger charge is 2.20. The number of esters is 1. The predicted molar refractivity (Wildman–Crippen MR) is 87.8 cm³/mol. The molecule has 0 saturated carbocycles. The number of amides is 1. The van der Waals surface area contributed by atoms with E-state index in [1.807, 2.05) is 0 Å². The number of aryl methyl sites for hydroxylation is 1. The third kappa shape index (κ3) is 4.16. The van der Waals surface area contributed by atoms with Crippen LogP contribution in [-0.2, 0) is 9.53 Å². The molecule has 0 saturated heterocycles. The SMILES string of the molecule is Cc1ccccc1C(=O)OC(C)C(=O)Nc1ccc([N+](=O)[O-])cc1. The first-order chi connectivity index (χ1) is 11.4. The number of carbonyl (C=O) groups excluding carboxylic acids is 2. The smallest absolute Gasteiger partial charge is 0.339 e. The lowest BCUT2D eigenvalue weighted by Crippen LogP contribution is -2.30. The third-order valence-electron chi connectivity index (χ3n) is 3.36. The largest absolute Gasteiger partial charge is 0.449 e. The number of anilines is 1. The van der Waals surface area contributed by atoms with Crippen LogP contribution in [0.3, 0.4) is 0 Å². The number of benzene rings is 2. The molecule has 1 amide bonds. The van der Waals surface area contributed by atoms with Gasteiger partial charge in [-0.05, 0) is 37.6 Å². The van der Waals surface area contributed by atoms with E-state index in [9.17, 15) is 19.7 Å². The number of hydrogen-bond donors (Lipinski definition) is 1. The van der Waals surface area contributed by atoms with Crippen molar-refractivity contribution in [1.29, 1.82) is 0 Å². The second-order valence-electron chi connectivity index (χ2n) is 5.16. The number of non-ortho nitro benzene ring substituents is 1. The lowest BCUT2D eigenvalue weighted by Gasteiger charge is -2.14. The molecule has 1 N–H and O–H groups in total. The van der Waals surface area contributed by atoms with E-state index in [-0.39, 0.29) is 5.69 Å². The highest BCUT2D eigenvalue weighted by atomic mass is 16.6. The van der Waals surface area contributed by atoms with Crippen molar-refractivity contribution in [3.8, 4) is 0 Å². The number of carbonyl (C=O) groups is 2. The quantitative estimate of drug-likeness (QED) is 0.516. The van der Waals surface area contributed by atoms with Gasteiger partial charge in [0.2, 0.25) is 0 Å². The molecule has 124 valence electrons. The van der Waals surface area contributed by atoms with Crippen LogP contribution in [0.15, 0.2) is 48.5 Å². The summed E-state index contributed by atoms with van der Waals surface area (Å²) < 4.78 is 5.15. The Bertz CT molecular complexity index is 771. The van der Waals surface area contributed by atoms with Gasteiger partial charge in [0.05, 0.1) is 10.5 Å². The van der Waals surface area contributed by atoms with Gasteiger partial charge in [0.1, 0.15) is 0 Å². The average Bonchev–Trinajstić information content (AvgIpc) is 2.55. The van der Waals surface area contributed by atoms with E-state index >= 15 is 0 Å². The molecule has 7 nitrogen and oxygen atoms in total. The molecule has 2 aromatic carbocycles. The fraction of sp³-hybridized carbons (Fsp3) is 0.176. The molecular formula is C17H16N2O5. The van der Waals surface area contributed by atoms with E-state index in [0.717, 1.165) is 5.56 Å². The molecule has 0 aliphatic carbocycles. The molecule has 1 atom stereocenters. The Morgan fingerprint density at radius 3 is 2.33 bits per heavy atom. The van der Waals surface area contributed by atoms with Crippen molar-refractivity contribution >= 4 is 23.3 Å². The van der Waals surface area contributed by atoms with Gasteiger partial charge in [0, 0.05) is 17.8 Å². The maximum absolute atomic E-state index is 12.1. The first-order valence-corrected chi connectivity index (χ1v) is 7.20. The highest BCUT2D eigenvalue weighted by molar-refractivity contribution is 5.97. The number of ether oxygens (including phenoxy) is 1. The third-order valence-corrected chi connectivity index (χ3v) is 3.36. The van der Waals surface area contributed by atoms with Crippen molar-refractivity contribution in [3.63, 3.8) is 0 Å². The Hall–Kier alpha value is -3.22. The molecule has 7 heteroatoms. The molecule has 0 aromatic heterocycles. The standard InChI is InChI=1S/C17H16N2O5/c1-11-5-3-4-6-15(11)17(21)24-12(2)16(20)18-13-7-9-14(10-8-13)19(22)23/h3-10,12H,1-2H3,(H,18,20). The lowest BCUT2D eigenvalue weighted by atomic mass is 10.1. The normalized spacial score (nSPS) is 11.4. The van der Waals surface area contributed by atoms with E-state index in [1.54, 1.807) is 31.2 Å². The fourth-order valence-corrected chi connectivity index (χ4v) is 1.99. The molecule has 2 aromatic rings. The summed E-state index contributed by atoms with van der Waals surface area (Å²) in [7, 11) is 0. The van der Waals surface area contributed by atoms with Crippen LogP contribution in [0, 0.1) is 17.0 Å². The molecular weight excluding hydrogens is 312 g/mol. The zero-order chi connectivity index (χ0) is 17.7. The fourth-order valence-electron chi connectivity index (χ4n) is 1.99. The molecule has 0 radical (unpaired) electrons. The zero-order valence-electron chi connectivity index (χ0n) is 13.2. The second-order valence-corrected chi connectivity index (χ2v) is 5.16. The van der Waals surface area contributed by atoms with Gasteiger partial charge in [0.15, 0.2) is 6.10 Å². The van der Waals surface area contributed by atoms with Crippen molar-refractivity contribution in [2.24, 2.45) is 0 Å². The minimum Gasteiger partial charge on any atom is -0.449 e. The summed E-state index contributed by atoms with van der Waals surface area (Å²) >= 11 is 0. The second kappa shape index (κ2) is 7.36. The Morgan fingerprint density at radius 1 is 1.12 bits per heavy atom. The van der Waals surface area contributed by atoms with Gasteiger partial charge in [-0.1, -0.05) is 18.2 Å². The van der Waals surface area contributed by atoms with Gasteiger partial charge in [-0.25, -0.2) is 4.79 Å². The molecule has 24 heavy (non-hydrogen) atoms. The molecule has 1 unspecified atom stereocenters. The number of nitro benzene ring substituents is 1. The molecule has 0 fully saturated rings. The van der Waals surface area contributed by atoms with E-state index in [2.05, 4.69) is 5.32 Å². The molecule has 0 aliphatic rings. The summed E-state index contributed by atoms with van der Waals surface area (Å²) in [5.41, 5.74) is 1.45. The van der Waals surface area contributed by atoms with Crippen molar-refractivity contribution in [1.82, 2.24) is 0 Å². The van der Waals surface area contributed by atoms with Crippen LogP contribution in [0.25, 0.3) is 0 Å². The summed E-state index contributed by atoms with van der Waals surface area (Å²) in [4.78, 5) is 34.2. The number of nitrogens with one attached hydrogen (secondary N) is 1. The minimum absolute atomic E-state index is 0.0768. The van der Waals surface area contributed by atoms with Gasteiger partial charge in [-0.15, -0.1) is 0 Å². The average molecular weight is 328 g/mol. The molecule has 0 bridgehead atoms. The van der Waals surface area contributed by atoms with E-state index in [0.29, 0.717) is 11.3 Å². The van der Waals surface area contributed by atoms with E-state index in [1.165, 1.54) is 31.2 Å². The molecule has 0 heterocycles. The Kier molecular flexibility index (Phi) is 5.26. The van der Waals surface area contributed by atoms with Crippen LogP contribution in [0.5, 0.6) is 0 Å². The van der Waals surface area contributed by atoms with Crippen LogP contribution in [0.4, 0.5) is 11.4 Å². The van der Waals surface area contributed by atoms with Crippen LogP contribution in [0.2, 0.25) is 0 Å². The summed E-state index contributed by atoms with van der Waals surface area (Å²) in [5.74, 6) is -1.11. The van der Waals surface area contributed by atoms with Gasteiger partial charge in [-0.3, -0.25) is 14.9 Å². The maximum Gasteiger partial charge on any atom is 0.339 e. The number of nitrogens with zero attached hydrogens (tertiary/aromatic N) is 1. The van der Waals surface area contributed by atoms with Crippen LogP contribution >= 0.6 is 0 Å². The summed E-state index contributed by atoms with van der Waals surface area (Å²) in [6, 6.07) is 12.3. The Labute approximate surface area is 138 Å². The van der Waals surface area contributed by atoms with Gasteiger partial charge in [-0.2, -0.15) is 0 Å². The number of hydrogen-bond acceptors (Lipinski definition) is 5. The van der Waals surface area contributed by atoms with Crippen molar-refractivity contribution in [2.45, 2.75) is 20.0 Å².